The number of nitrogens with two attached hydrogens (primary N) is 1. The minimum atomic E-state index is 0. The molecule has 0 saturated carbocycles. The first-order chi connectivity index (χ1) is 10.6. The summed E-state index contributed by atoms with van der Waals surface area (Å²) in [5.74, 6) is 1.43. The van der Waals surface area contributed by atoms with Crippen molar-refractivity contribution in [2.24, 2.45) is 10.7 Å². The van der Waals surface area contributed by atoms with Gasteiger partial charge in [-0.05, 0) is 35.2 Å². The standard InChI is InChI=1S/C17H22N4O.HI/c1-12(2)14-5-4-6-15(10-14)21-17(18)20-11-13-7-8-19-16(9-13)22-3;/h4-10,12H,11H2,1-3H3,(H3,18,20,21);1H. The topological polar surface area (TPSA) is 72.5 Å². The average Bonchev–Trinajstić information content (AvgIpc) is 2.53. The highest BCUT2D eigenvalue weighted by Gasteiger charge is 2.01. The third kappa shape index (κ3) is 6.05. The number of hydrogen-bond acceptors (Lipinski definition) is 3. The number of methoxy groups -OCH3 is 1. The van der Waals surface area contributed by atoms with E-state index in [4.69, 9.17) is 10.5 Å². The van der Waals surface area contributed by atoms with Crippen molar-refractivity contribution in [3.05, 3.63) is 53.7 Å². The summed E-state index contributed by atoms with van der Waals surface area (Å²) in [6.45, 7) is 4.79. The summed E-state index contributed by atoms with van der Waals surface area (Å²) in [6, 6.07) is 11.9. The molecule has 1 aromatic carbocycles. The molecule has 0 aliphatic carbocycles. The van der Waals surface area contributed by atoms with E-state index in [2.05, 4.69) is 41.3 Å². The van der Waals surface area contributed by atoms with Gasteiger partial charge >= 0.3 is 0 Å². The first-order valence-electron chi connectivity index (χ1n) is 7.24. The Labute approximate surface area is 154 Å². The number of anilines is 1. The lowest BCUT2D eigenvalue weighted by atomic mass is 10.0. The van der Waals surface area contributed by atoms with Crippen molar-refractivity contribution in [1.82, 2.24) is 4.98 Å². The third-order valence-electron chi connectivity index (χ3n) is 3.27. The lowest BCUT2D eigenvalue weighted by Gasteiger charge is -2.10. The van der Waals surface area contributed by atoms with Crippen molar-refractivity contribution in [2.75, 3.05) is 12.4 Å². The van der Waals surface area contributed by atoms with Crippen molar-refractivity contribution in [3.63, 3.8) is 0 Å². The van der Waals surface area contributed by atoms with E-state index in [-0.39, 0.29) is 24.0 Å². The molecule has 3 N–H and O–H groups in total. The van der Waals surface area contributed by atoms with Gasteiger partial charge in [-0.2, -0.15) is 0 Å². The molecule has 2 aromatic rings. The van der Waals surface area contributed by atoms with Gasteiger partial charge in [0.2, 0.25) is 5.88 Å². The van der Waals surface area contributed by atoms with Crippen LogP contribution in [0.5, 0.6) is 5.88 Å². The van der Waals surface area contributed by atoms with Crippen LogP contribution in [0.1, 0.15) is 30.9 Å². The highest BCUT2D eigenvalue weighted by molar-refractivity contribution is 14.0. The Bertz CT molecular complexity index is 659. The lowest BCUT2D eigenvalue weighted by Crippen LogP contribution is -2.22. The predicted octanol–water partition coefficient (Wildman–Crippen LogP) is 3.76. The van der Waals surface area contributed by atoms with Gasteiger partial charge in [-0.15, -0.1) is 24.0 Å². The number of pyridine rings is 1. The molecule has 2 rings (SSSR count). The second-order valence-electron chi connectivity index (χ2n) is 5.31. The van der Waals surface area contributed by atoms with E-state index < -0.39 is 0 Å². The molecule has 0 saturated heterocycles. The minimum Gasteiger partial charge on any atom is -0.481 e. The second-order valence-corrected chi connectivity index (χ2v) is 5.31. The van der Waals surface area contributed by atoms with E-state index in [1.165, 1.54) is 5.56 Å². The maximum atomic E-state index is 5.94. The van der Waals surface area contributed by atoms with E-state index in [0.29, 0.717) is 24.3 Å². The smallest absolute Gasteiger partial charge is 0.213 e. The number of nitrogens with one attached hydrogen (secondary N) is 1. The van der Waals surface area contributed by atoms with Crippen LogP contribution in [0, 0.1) is 0 Å². The van der Waals surface area contributed by atoms with E-state index in [9.17, 15) is 0 Å². The molecule has 5 nitrogen and oxygen atoms in total. The van der Waals surface area contributed by atoms with Crippen LogP contribution in [0.2, 0.25) is 0 Å². The number of rotatable bonds is 5. The Balaban J connectivity index is 0.00000264. The zero-order valence-corrected chi connectivity index (χ0v) is 15.9. The Kier molecular flexibility index (Phi) is 7.80. The minimum absolute atomic E-state index is 0. The van der Waals surface area contributed by atoms with Crippen molar-refractivity contribution < 1.29 is 4.74 Å². The SMILES string of the molecule is COc1cc(CN=C(N)Nc2cccc(C(C)C)c2)ccn1.I. The van der Waals surface area contributed by atoms with Crippen molar-refractivity contribution in [1.29, 1.82) is 0 Å². The van der Waals surface area contributed by atoms with Crippen LogP contribution in [0.3, 0.4) is 0 Å². The molecule has 0 spiro atoms. The van der Waals surface area contributed by atoms with Crippen LogP contribution in [0.15, 0.2) is 47.6 Å². The quantitative estimate of drug-likeness (QED) is 0.434. The Morgan fingerprint density at radius 1 is 1.30 bits per heavy atom. The Morgan fingerprint density at radius 3 is 2.78 bits per heavy atom. The van der Waals surface area contributed by atoms with Gasteiger partial charge in [-0.25, -0.2) is 9.98 Å². The molecule has 0 radical (unpaired) electrons. The van der Waals surface area contributed by atoms with Crippen molar-refractivity contribution in [3.8, 4) is 5.88 Å². The number of ether oxygens (including phenoxy) is 1. The van der Waals surface area contributed by atoms with Crippen LogP contribution in [-0.4, -0.2) is 18.1 Å². The molecule has 0 amide bonds. The summed E-state index contributed by atoms with van der Waals surface area (Å²) in [5, 5.41) is 3.12. The number of aliphatic imine (C=N–C) groups is 1. The molecular weight excluding hydrogens is 403 g/mol. The highest BCUT2D eigenvalue weighted by atomic mass is 127. The molecule has 1 heterocycles. The normalized spacial score (nSPS) is 11.0. The highest BCUT2D eigenvalue weighted by Crippen LogP contribution is 2.18. The first kappa shape index (κ1) is 19.2. The number of aromatic nitrogens is 1. The Morgan fingerprint density at radius 2 is 2.09 bits per heavy atom. The predicted molar refractivity (Wildman–Crippen MR) is 106 cm³/mol. The number of halogens is 1. The van der Waals surface area contributed by atoms with Gasteiger partial charge in [0.25, 0.3) is 0 Å². The molecule has 23 heavy (non-hydrogen) atoms. The maximum Gasteiger partial charge on any atom is 0.213 e. The molecule has 6 heteroatoms. The summed E-state index contributed by atoms with van der Waals surface area (Å²) in [5.41, 5.74) is 9.14. The van der Waals surface area contributed by atoms with E-state index in [1.54, 1.807) is 13.3 Å². The zero-order chi connectivity index (χ0) is 15.9. The van der Waals surface area contributed by atoms with Gasteiger partial charge in [0.1, 0.15) is 0 Å². The number of hydrogen-bond donors (Lipinski definition) is 2. The monoisotopic (exact) mass is 426 g/mol. The molecule has 0 unspecified atom stereocenters. The van der Waals surface area contributed by atoms with E-state index in [0.717, 1.165) is 11.3 Å². The van der Waals surface area contributed by atoms with Crippen molar-refractivity contribution in [2.45, 2.75) is 26.3 Å². The largest absolute Gasteiger partial charge is 0.481 e. The molecule has 124 valence electrons. The van der Waals surface area contributed by atoms with Gasteiger partial charge in [0.15, 0.2) is 5.96 Å². The van der Waals surface area contributed by atoms with E-state index >= 15 is 0 Å². The van der Waals surface area contributed by atoms with E-state index in [1.807, 2.05) is 24.3 Å². The molecule has 0 aliphatic rings. The molecule has 0 aliphatic heterocycles. The van der Waals surface area contributed by atoms with Gasteiger partial charge in [0.05, 0.1) is 13.7 Å². The van der Waals surface area contributed by atoms with Crippen LogP contribution in [-0.2, 0) is 6.54 Å². The van der Waals surface area contributed by atoms with Crippen LogP contribution < -0.4 is 15.8 Å². The summed E-state index contributed by atoms with van der Waals surface area (Å²) in [7, 11) is 1.59. The number of nitrogens with zero attached hydrogens (tertiary/aromatic N) is 2. The van der Waals surface area contributed by atoms with Gasteiger partial charge < -0.3 is 15.8 Å². The van der Waals surface area contributed by atoms with Gasteiger partial charge in [-0.3, -0.25) is 0 Å². The molecule has 0 bridgehead atoms. The summed E-state index contributed by atoms with van der Waals surface area (Å²) >= 11 is 0. The number of benzene rings is 1. The summed E-state index contributed by atoms with van der Waals surface area (Å²) in [6.07, 6.45) is 1.69. The number of guanidine groups is 1. The zero-order valence-electron chi connectivity index (χ0n) is 13.6. The van der Waals surface area contributed by atoms with Crippen LogP contribution in [0.4, 0.5) is 5.69 Å². The fraction of sp³-hybridized carbons (Fsp3) is 0.294. The maximum absolute atomic E-state index is 5.94. The Hall–Kier alpha value is -1.83. The van der Waals surface area contributed by atoms with Crippen LogP contribution >= 0.6 is 24.0 Å². The fourth-order valence-corrected chi connectivity index (χ4v) is 2.00. The van der Waals surface area contributed by atoms with Gasteiger partial charge in [0, 0.05) is 18.0 Å². The lowest BCUT2D eigenvalue weighted by molar-refractivity contribution is 0.397. The van der Waals surface area contributed by atoms with Crippen molar-refractivity contribution >= 4 is 35.6 Å². The second kappa shape index (κ2) is 9.34. The average molecular weight is 426 g/mol. The molecule has 0 atom stereocenters. The molecule has 0 fully saturated rings. The first-order valence-corrected chi connectivity index (χ1v) is 7.24. The van der Waals surface area contributed by atoms with Gasteiger partial charge in [-0.1, -0.05) is 26.0 Å². The summed E-state index contributed by atoms with van der Waals surface area (Å²) in [4.78, 5) is 8.40. The molecular formula is C17H23IN4O. The fourth-order valence-electron chi connectivity index (χ4n) is 2.00. The summed E-state index contributed by atoms with van der Waals surface area (Å²) < 4.78 is 5.09. The van der Waals surface area contributed by atoms with Crippen LogP contribution in [0.25, 0.3) is 0 Å². The molecule has 1 aromatic heterocycles. The third-order valence-corrected chi connectivity index (χ3v) is 3.27.